The molecule has 1 amide bonds. The Morgan fingerprint density at radius 3 is 2.62 bits per heavy atom. The third kappa shape index (κ3) is 3.79. The Morgan fingerprint density at radius 2 is 1.96 bits per heavy atom. The summed E-state index contributed by atoms with van der Waals surface area (Å²) in [5, 5.41) is 9.49. The lowest BCUT2D eigenvalue weighted by atomic mass is 9.95. The van der Waals surface area contributed by atoms with E-state index in [4.69, 9.17) is 5.73 Å². The van der Waals surface area contributed by atoms with Crippen LogP contribution in [0.15, 0.2) is 24.3 Å². The summed E-state index contributed by atoms with van der Waals surface area (Å²) in [5.74, 6) is 0.398. The van der Waals surface area contributed by atoms with Crippen LogP contribution < -0.4 is 5.73 Å². The van der Waals surface area contributed by atoms with Crippen LogP contribution in [0.3, 0.4) is 0 Å². The van der Waals surface area contributed by atoms with Gasteiger partial charge in [0.05, 0.1) is 12.6 Å². The highest BCUT2D eigenvalue weighted by Crippen LogP contribution is 2.33. The van der Waals surface area contributed by atoms with Crippen LogP contribution in [0.25, 0.3) is 0 Å². The summed E-state index contributed by atoms with van der Waals surface area (Å²) in [6, 6.07) is 8.61. The predicted octanol–water partition coefficient (Wildman–Crippen LogP) is 1.65. The van der Waals surface area contributed by atoms with Crippen molar-refractivity contribution in [1.82, 2.24) is 9.80 Å². The van der Waals surface area contributed by atoms with Crippen molar-refractivity contribution < 1.29 is 9.90 Å². The molecular formula is C19H29N3O2. The molecule has 2 heterocycles. The molecule has 1 aromatic carbocycles. The van der Waals surface area contributed by atoms with E-state index in [0.29, 0.717) is 6.54 Å². The Kier molecular flexibility index (Phi) is 5.54. The van der Waals surface area contributed by atoms with E-state index in [-0.39, 0.29) is 17.9 Å². The number of aliphatic hydroxyl groups is 1. The number of nitrogens with two attached hydrogens (primary N) is 1. The van der Waals surface area contributed by atoms with Gasteiger partial charge >= 0.3 is 0 Å². The Labute approximate surface area is 144 Å². The summed E-state index contributed by atoms with van der Waals surface area (Å²) >= 11 is 0. The van der Waals surface area contributed by atoms with Crippen LogP contribution in [-0.4, -0.2) is 53.2 Å². The Balaban J connectivity index is 1.60. The average Bonchev–Trinajstić information content (AvgIpc) is 3.05. The molecule has 0 spiro atoms. The first kappa shape index (κ1) is 17.4. The van der Waals surface area contributed by atoms with Crippen LogP contribution in [0.4, 0.5) is 0 Å². The Bertz CT molecular complexity index is 567. The van der Waals surface area contributed by atoms with Crippen LogP contribution in [0, 0.1) is 12.8 Å². The molecule has 0 saturated carbocycles. The van der Waals surface area contributed by atoms with Crippen LogP contribution in [0.2, 0.25) is 0 Å². The van der Waals surface area contributed by atoms with Gasteiger partial charge in [-0.3, -0.25) is 9.69 Å². The van der Waals surface area contributed by atoms with E-state index in [1.165, 1.54) is 11.1 Å². The number of aryl methyl sites for hydroxylation is 1. The third-order valence-electron chi connectivity index (χ3n) is 5.59. The molecule has 0 radical (unpaired) electrons. The molecule has 1 aromatic rings. The lowest BCUT2D eigenvalue weighted by molar-refractivity contribution is -0.133. The van der Waals surface area contributed by atoms with E-state index in [0.717, 1.165) is 45.3 Å². The molecule has 0 aliphatic carbocycles. The number of aliphatic hydroxyl groups excluding tert-OH is 1. The van der Waals surface area contributed by atoms with Gasteiger partial charge in [-0.15, -0.1) is 0 Å². The molecule has 0 aromatic heterocycles. The predicted molar refractivity (Wildman–Crippen MR) is 94.2 cm³/mol. The smallest absolute Gasteiger partial charge is 0.237 e. The Morgan fingerprint density at radius 1 is 1.25 bits per heavy atom. The quantitative estimate of drug-likeness (QED) is 0.823. The van der Waals surface area contributed by atoms with Crippen molar-refractivity contribution in [2.24, 2.45) is 11.7 Å². The maximum absolute atomic E-state index is 12.8. The number of nitrogens with zero attached hydrogens (tertiary/aromatic N) is 2. The van der Waals surface area contributed by atoms with Crippen molar-refractivity contribution in [3.8, 4) is 0 Å². The number of benzene rings is 1. The summed E-state index contributed by atoms with van der Waals surface area (Å²) < 4.78 is 0. The van der Waals surface area contributed by atoms with E-state index in [2.05, 4.69) is 41.0 Å². The fraction of sp³-hybridized carbons (Fsp3) is 0.632. The molecule has 132 valence electrons. The zero-order valence-electron chi connectivity index (χ0n) is 14.5. The number of carbonyl (C=O) groups is 1. The molecule has 2 saturated heterocycles. The number of carbonyl (C=O) groups excluding carboxylic acids is 1. The van der Waals surface area contributed by atoms with E-state index in [9.17, 15) is 9.90 Å². The van der Waals surface area contributed by atoms with Gasteiger partial charge < -0.3 is 15.7 Å². The third-order valence-corrected chi connectivity index (χ3v) is 5.59. The SMILES string of the molecule is Cc1ccccc1C1CCCN1C(=O)CN1CCC(C(N)O)CC1. The van der Waals surface area contributed by atoms with E-state index in [1.54, 1.807) is 0 Å². The van der Waals surface area contributed by atoms with E-state index in [1.807, 2.05) is 0 Å². The number of rotatable bonds is 4. The molecule has 0 bridgehead atoms. The van der Waals surface area contributed by atoms with Gasteiger partial charge in [0.15, 0.2) is 0 Å². The van der Waals surface area contributed by atoms with Crippen molar-refractivity contribution in [2.45, 2.75) is 44.9 Å². The molecule has 2 atom stereocenters. The van der Waals surface area contributed by atoms with Gasteiger partial charge in [-0.2, -0.15) is 0 Å². The number of hydrogen-bond acceptors (Lipinski definition) is 4. The molecule has 2 aliphatic heterocycles. The van der Waals surface area contributed by atoms with Crippen LogP contribution >= 0.6 is 0 Å². The number of amides is 1. The molecule has 5 nitrogen and oxygen atoms in total. The topological polar surface area (TPSA) is 69.8 Å². The largest absolute Gasteiger partial charge is 0.379 e. The first-order chi connectivity index (χ1) is 11.6. The van der Waals surface area contributed by atoms with Gasteiger partial charge in [0.1, 0.15) is 6.23 Å². The van der Waals surface area contributed by atoms with Crippen molar-refractivity contribution in [3.05, 3.63) is 35.4 Å². The zero-order valence-corrected chi connectivity index (χ0v) is 14.5. The first-order valence-corrected chi connectivity index (χ1v) is 9.07. The zero-order chi connectivity index (χ0) is 17.1. The average molecular weight is 331 g/mol. The van der Waals surface area contributed by atoms with Gasteiger partial charge in [-0.05, 0) is 56.8 Å². The minimum Gasteiger partial charge on any atom is -0.379 e. The summed E-state index contributed by atoms with van der Waals surface area (Å²) in [5.41, 5.74) is 8.12. The fourth-order valence-corrected chi connectivity index (χ4v) is 4.08. The second kappa shape index (κ2) is 7.64. The normalized spacial score (nSPS) is 24.3. The van der Waals surface area contributed by atoms with Crippen LogP contribution in [0.1, 0.15) is 42.9 Å². The highest BCUT2D eigenvalue weighted by molar-refractivity contribution is 5.79. The standard InChI is InChI=1S/C19H29N3O2/c1-14-5-2-3-6-16(14)17-7-4-10-22(17)18(23)13-21-11-8-15(9-12-21)19(20)24/h2-3,5-6,15,17,19,24H,4,7-13,20H2,1H3. The van der Waals surface area contributed by atoms with Crippen LogP contribution in [0.5, 0.6) is 0 Å². The van der Waals surface area contributed by atoms with Gasteiger partial charge in [0.2, 0.25) is 5.91 Å². The lowest BCUT2D eigenvalue weighted by Crippen LogP contribution is -2.45. The second-order valence-electron chi connectivity index (χ2n) is 7.21. The van der Waals surface area contributed by atoms with Crippen LogP contribution in [-0.2, 0) is 4.79 Å². The molecule has 2 aliphatic rings. The first-order valence-electron chi connectivity index (χ1n) is 9.07. The minimum absolute atomic E-state index is 0.169. The lowest BCUT2D eigenvalue weighted by Gasteiger charge is -2.34. The number of hydrogen-bond donors (Lipinski definition) is 2. The monoisotopic (exact) mass is 331 g/mol. The molecule has 2 fully saturated rings. The van der Waals surface area contributed by atoms with Gasteiger partial charge in [-0.1, -0.05) is 24.3 Å². The van der Waals surface area contributed by atoms with E-state index >= 15 is 0 Å². The summed E-state index contributed by atoms with van der Waals surface area (Å²) in [7, 11) is 0. The summed E-state index contributed by atoms with van der Waals surface area (Å²) in [6.45, 7) is 5.14. The van der Waals surface area contributed by atoms with Crippen molar-refractivity contribution in [2.75, 3.05) is 26.2 Å². The molecule has 24 heavy (non-hydrogen) atoms. The summed E-state index contributed by atoms with van der Waals surface area (Å²) in [4.78, 5) is 17.1. The minimum atomic E-state index is -0.730. The molecular weight excluding hydrogens is 302 g/mol. The molecule has 3 rings (SSSR count). The maximum atomic E-state index is 12.8. The summed E-state index contributed by atoms with van der Waals surface area (Å²) in [6.07, 6.45) is 3.13. The fourth-order valence-electron chi connectivity index (χ4n) is 4.08. The van der Waals surface area contributed by atoms with Gasteiger partial charge in [0.25, 0.3) is 0 Å². The van der Waals surface area contributed by atoms with Gasteiger partial charge in [-0.25, -0.2) is 0 Å². The Hall–Kier alpha value is -1.43. The second-order valence-corrected chi connectivity index (χ2v) is 7.21. The highest BCUT2D eigenvalue weighted by atomic mass is 16.3. The van der Waals surface area contributed by atoms with Crippen molar-refractivity contribution in [1.29, 1.82) is 0 Å². The van der Waals surface area contributed by atoms with Crippen molar-refractivity contribution in [3.63, 3.8) is 0 Å². The molecule has 5 heteroatoms. The van der Waals surface area contributed by atoms with Gasteiger partial charge in [0, 0.05) is 12.5 Å². The van der Waals surface area contributed by atoms with Crippen molar-refractivity contribution >= 4 is 5.91 Å². The highest BCUT2D eigenvalue weighted by Gasteiger charge is 2.32. The number of piperidine rings is 1. The maximum Gasteiger partial charge on any atom is 0.237 e. The molecule has 2 unspecified atom stereocenters. The molecule has 3 N–H and O–H groups in total. The number of likely N-dealkylation sites (tertiary alicyclic amines) is 2. The van der Waals surface area contributed by atoms with E-state index < -0.39 is 6.23 Å².